The topological polar surface area (TPSA) is 21.3 Å². The molecular formula is C8H13NO. The van der Waals surface area contributed by atoms with Gasteiger partial charge in [0.25, 0.3) is 0 Å². The highest BCUT2D eigenvalue weighted by Crippen LogP contribution is 2.41. The highest BCUT2D eigenvalue weighted by Gasteiger charge is 2.41. The Hall–Kier alpha value is -0.340. The Labute approximate surface area is 61.3 Å². The summed E-state index contributed by atoms with van der Waals surface area (Å²) in [5.41, 5.74) is 1.34. The van der Waals surface area contributed by atoms with Crippen molar-refractivity contribution in [3.05, 3.63) is 12.2 Å². The van der Waals surface area contributed by atoms with Crippen LogP contribution in [0.25, 0.3) is 0 Å². The molecule has 2 aliphatic rings. The number of hydrogen-bond donors (Lipinski definition) is 1. The molecule has 0 radical (unpaired) electrons. The molecule has 0 amide bonds. The summed E-state index contributed by atoms with van der Waals surface area (Å²) in [6.45, 7) is 5.65. The van der Waals surface area contributed by atoms with Crippen LogP contribution in [0.4, 0.5) is 0 Å². The first-order valence-electron chi connectivity index (χ1n) is 3.86. The second-order valence-electron chi connectivity index (χ2n) is 3.17. The van der Waals surface area contributed by atoms with Crippen molar-refractivity contribution in [3.8, 4) is 0 Å². The van der Waals surface area contributed by atoms with Crippen LogP contribution >= 0.6 is 0 Å². The Morgan fingerprint density at radius 3 is 2.70 bits per heavy atom. The number of hydrogen-bond acceptors (Lipinski definition) is 2. The predicted molar refractivity (Wildman–Crippen MR) is 39.7 cm³/mol. The molecule has 56 valence electrons. The van der Waals surface area contributed by atoms with Gasteiger partial charge in [-0.2, -0.15) is 0 Å². The minimum atomic E-state index is 0.102. The van der Waals surface area contributed by atoms with E-state index in [2.05, 4.69) is 11.9 Å². The van der Waals surface area contributed by atoms with E-state index in [0.29, 0.717) is 6.73 Å². The van der Waals surface area contributed by atoms with Gasteiger partial charge in [-0.3, -0.25) is 5.32 Å². The lowest BCUT2D eigenvalue weighted by atomic mass is 9.74. The molecule has 2 heteroatoms. The van der Waals surface area contributed by atoms with E-state index in [1.807, 2.05) is 0 Å². The first kappa shape index (κ1) is 6.38. The fourth-order valence-corrected chi connectivity index (χ4v) is 1.65. The van der Waals surface area contributed by atoms with E-state index < -0.39 is 0 Å². The molecule has 1 spiro atoms. The largest absolute Gasteiger partial charge is 0.355 e. The van der Waals surface area contributed by atoms with Gasteiger partial charge in [0.1, 0.15) is 0 Å². The van der Waals surface area contributed by atoms with E-state index >= 15 is 0 Å². The first-order valence-corrected chi connectivity index (χ1v) is 3.86. The van der Waals surface area contributed by atoms with Crippen LogP contribution in [0, 0.1) is 0 Å². The third-order valence-corrected chi connectivity index (χ3v) is 2.59. The third-order valence-electron chi connectivity index (χ3n) is 2.59. The van der Waals surface area contributed by atoms with Crippen molar-refractivity contribution in [3.63, 3.8) is 0 Å². The van der Waals surface area contributed by atoms with Gasteiger partial charge >= 0.3 is 0 Å². The van der Waals surface area contributed by atoms with Crippen LogP contribution in [0.3, 0.4) is 0 Å². The molecule has 0 aromatic rings. The average Bonchev–Trinajstić information content (AvgIpc) is 1.85. The van der Waals surface area contributed by atoms with Crippen LogP contribution < -0.4 is 5.32 Å². The molecule has 0 atom stereocenters. The highest BCUT2D eigenvalue weighted by molar-refractivity contribution is 5.20. The fourth-order valence-electron chi connectivity index (χ4n) is 1.65. The maximum Gasteiger partial charge on any atom is 0.0979 e. The predicted octanol–water partition coefficient (Wildman–Crippen LogP) is 1.04. The monoisotopic (exact) mass is 139 g/mol. The van der Waals surface area contributed by atoms with E-state index in [1.54, 1.807) is 0 Å². The number of nitrogens with one attached hydrogen (secondary N) is 1. The van der Waals surface area contributed by atoms with Gasteiger partial charge in [0.2, 0.25) is 0 Å². The maximum atomic E-state index is 5.60. The summed E-state index contributed by atoms with van der Waals surface area (Å²) in [6.07, 6.45) is 3.68. The molecule has 10 heavy (non-hydrogen) atoms. The van der Waals surface area contributed by atoms with Gasteiger partial charge in [-0.15, -0.1) is 0 Å². The van der Waals surface area contributed by atoms with Gasteiger partial charge in [0, 0.05) is 6.54 Å². The zero-order valence-corrected chi connectivity index (χ0v) is 6.15. The van der Waals surface area contributed by atoms with Crippen molar-refractivity contribution < 1.29 is 4.74 Å². The Morgan fingerprint density at radius 1 is 1.50 bits per heavy atom. The summed E-state index contributed by atoms with van der Waals surface area (Å²) in [5.74, 6) is 0. The van der Waals surface area contributed by atoms with Gasteiger partial charge in [-0.25, -0.2) is 0 Å². The van der Waals surface area contributed by atoms with E-state index in [-0.39, 0.29) is 5.60 Å². The Morgan fingerprint density at radius 2 is 2.30 bits per heavy atom. The molecule has 1 saturated carbocycles. The normalized spacial score (nSPS) is 30.2. The van der Waals surface area contributed by atoms with Gasteiger partial charge in [-0.05, 0) is 24.8 Å². The third kappa shape index (κ3) is 0.724. The number of rotatable bonds is 0. The summed E-state index contributed by atoms with van der Waals surface area (Å²) in [5, 5.41) is 3.14. The zero-order chi connectivity index (χ0) is 7.03. The first-order chi connectivity index (χ1) is 4.83. The standard InChI is InChI=1S/C8H13NO/c1-7-5-9-6-10-8(7)3-2-4-8/h9H,1-6H2. The molecule has 2 rings (SSSR count). The van der Waals surface area contributed by atoms with Crippen molar-refractivity contribution in [2.45, 2.75) is 24.9 Å². The van der Waals surface area contributed by atoms with E-state index in [9.17, 15) is 0 Å². The Bertz CT molecular complexity index is 161. The molecular weight excluding hydrogens is 126 g/mol. The van der Waals surface area contributed by atoms with Gasteiger partial charge in [0.15, 0.2) is 0 Å². The molecule has 1 aliphatic heterocycles. The quantitative estimate of drug-likeness (QED) is 0.506. The summed E-state index contributed by atoms with van der Waals surface area (Å²) in [7, 11) is 0. The van der Waals surface area contributed by atoms with Crippen LogP contribution in [0.15, 0.2) is 12.2 Å². The molecule has 2 fully saturated rings. The molecule has 0 aromatic carbocycles. The smallest absolute Gasteiger partial charge is 0.0979 e. The van der Waals surface area contributed by atoms with Crippen LogP contribution in [0.1, 0.15) is 19.3 Å². The lowest BCUT2D eigenvalue weighted by molar-refractivity contribution is -0.0946. The Balaban J connectivity index is 2.10. The summed E-state index contributed by atoms with van der Waals surface area (Å²) in [4.78, 5) is 0. The Kier molecular flexibility index (Phi) is 1.32. The van der Waals surface area contributed by atoms with Crippen LogP contribution in [-0.4, -0.2) is 18.9 Å². The van der Waals surface area contributed by atoms with Gasteiger partial charge in [0.05, 0.1) is 12.3 Å². The average molecular weight is 139 g/mol. The minimum absolute atomic E-state index is 0.102. The fraction of sp³-hybridized carbons (Fsp3) is 0.750. The van der Waals surface area contributed by atoms with Gasteiger partial charge in [-0.1, -0.05) is 6.58 Å². The second-order valence-corrected chi connectivity index (χ2v) is 3.17. The lowest BCUT2D eigenvalue weighted by Crippen LogP contribution is -2.50. The molecule has 1 heterocycles. The van der Waals surface area contributed by atoms with Crippen molar-refractivity contribution in [2.75, 3.05) is 13.3 Å². The molecule has 2 nitrogen and oxygen atoms in total. The molecule has 0 unspecified atom stereocenters. The van der Waals surface area contributed by atoms with Crippen molar-refractivity contribution in [1.29, 1.82) is 0 Å². The molecule has 1 aliphatic carbocycles. The molecule has 1 saturated heterocycles. The molecule has 0 bridgehead atoms. The van der Waals surface area contributed by atoms with Crippen molar-refractivity contribution in [2.24, 2.45) is 0 Å². The van der Waals surface area contributed by atoms with Crippen LogP contribution in [0.5, 0.6) is 0 Å². The van der Waals surface area contributed by atoms with Crippen molar-refractivity contribution >= 4 is 0 Å². The summed E-state index contributed by atoms with van der Waals surface area (Å²) in [6, 6.07) is 0. The zero-order valence-electron chi connectivity index (χ0n) is 6.15. The maximum absolute atomic E-state index is 5.60. The van der Waals surface area contributed by atoms with Crippen LogP contribution in [0.2, 0.25) is 0 Å². The second kappa shape index (κ2) is 2.07. The SMILES string of the molecule is C=C1CNCOC12CCC2. The van der Waals surface area contributed by atoms with E-state index in [4.69, 9.17) is 4.74 Å². The summed E-state index contributed by atoms with van der Waals surface area (Å²) < 4.78 is 5.60. The van der Waals surface area contributed by atoms with Crippen molar-refractivity contribution in [1.82, 2.24) is 5.32 Å². The van der Waals surface area contributed by atoms with Crippen LogP contribution in [-0.2, 0) is 4.74 Å². The molecule has 0 aromatic heterocycles. The molecule has 1 N–H and O–H groups in total. The van der Waals surface area contributed by atoms with E-state index in [0.717, 1.165) is 6.54 Å². The minimum Gasteiger partial charge on any atom is -0.355 e. The number of ether oxygens (including phenoxy) is 1. The van der Waals surface area contributed by atoms with Gasteiger partial charge < -0.3 is 4.74 Å². The summed E-state index contributed by atoms with van der Waals surface area (Å²) >= 11 is 0. The van der Waals surface area contributed by atoms with E-state index in [1.165, 1.54) is 24.8 Å². The lowest BCUT2D eigenvalue weighted by Gasteiger charge is -2.46. The highest BCUT2D eigenvalue weighted by atomic mass is 16.5.